The molecular weight excluding hydrogens is 705 g/mol. The van der Waals surface area contributed by atoms with E-state index < -0.39 is 35.0 Å². The standard InChI is InChI=1S/C41H46N6O6S/c1-6-46-33-16-15-27-20-29(33)30(36(46)28-14-10-18-42-35(28)25(2)52-5)22-40(3,4)24-53-39(50)41(51)17-11-19-47(45-41)38(49)31(21-34-43-32(27)23-54-34)44-37(48)26-12-8-7-9-13-26/h7-10,12-16,18,20,23,25,31,45,51H,6,11,17,19,21-22,24H2,1-5H3,(H,44,48)/t25-,31-,41-/m0/s1. The van der Waals surface area contributed by atoms with Crippen LogP contribution >= 0.6 is 11.3 Å². The average molecular weight is 751 g/mol. The maximum absolute atomic E-state index is 14.1. The van der Waals surface area contributed by atoms with Crippen LogP contribution in [0.5, 0.6) is 0 Å². The lowest BCUT2D eigenvalue weighted by molar-refractivity contribution is -0.189. The number of benzene rings is 2. The SMILES string of the molecule is CCn1c(-c2cccnc2[C@H](C)OC)c2c3cc(ccc31)-c1csc(n1)C[C@H](NC(=O)c1ccccc1)C(=O)N1CCC[C@@](O)(N1)C(=O)OCC(C)(C)C2. The van der Waals surface area contributed by atoms with Crippen LogP contribution in [0.25, 0.3) is 33.4 Å². The highest BCUT2D eigenvalue weighted by atomic mass is 32.1. The number of ether oxygens (including phenoxy) is 2. The normalized spacial score (nSPS) is 21.0. The van der Waals surface area contributed by atoms with Crippen LogP contribution in [0.4, 0.5) is 0 Å². The molecule has 12 nitrogen and oxygen atoms in total. The number of carbonyl (C=O) groups excluding carboxylic acids is 3. The van der Waals surface area contributed by atoms with Crippen molar-refractivity contribution in [2.45, 2.75) is 77.8 Å². The molecule has 3 N–H and O–H groups in total. The molecule has 2 aliphatic rings. The van der Waals surface area contributed by atoms with Crippen molar-refractivity contribution in [3.8, 4) is 22.5 Å². The van der Waals surface area contributed by atoms with E-state index in [0.717, 1.165) is 44.7 Å². The minimum absolute atomic E-state index is 0.00126. The van der Waals surface area contributed by atoms with Gasteiger partial charge < -0.3 is 24.5 Å². The summed E-state index contributed by atoms with van der Waals surface area (Å²) in [5, 5.41) is 19.4. The molecule has 5 heterocycles. The topological polar surface area (TPSA) is 148 Å². The number of hydrazine groups is 1. The van der Waals surface area contributed by atoms with Crippen molar-refractivity contribution in [2.75, 3.05) is 20.3 Å². The molecule has 6 bridgehead atoms. The number of amides is 2. The Hall–Kier alpha value is -4.95. The first-order chi connectivity index (χ1) is 25.9. The second kappa shape index (κ2) is 15.1. The van der Waals surface area contributed by atoms with E-state index in [9.17, 15) is 19.5 Å². The lowest BCUT2D eigenvalue weighted by Gasteiger charge is -2.40. The Morgan fingerprint density at radius 2 is 1.96 bits per heavy atom. The third-order valence-corrected chi connectivity index (χ3v) is 11.1. The molecule has 1 saturated heterocycles. The molecule has 0 saturated carbocycles. The zero-order chi connectivity index (χ0) is 38.2. The van der Waals surface area contributed by atoms with Crippen LogP contribution in [0, 0.1) is 5.41 Å². The number of rotatable bonds is 6. The summed E-state index contributed by atoms with van der Waals surface area (Å²) in [7, 11) is 1.67. The number of thiazole rings is 1. The number of aliphatic hydroxyl groups is 1. The van der Waals surface area contributed by atoms with Crippen LogP contribution in [0.2, 0.25) is 0 Å². The number of cyclic esters (lactones) is 1. The number of hydrogen-bond donors (Lipinski definition) is 3. The quantitative estimate of drug-likeness (QED) is 0.182. The molecule has 2 aliphatic heterocycles. The van der Waals surface area contributed by atoms with Gasteiger partial charge in [0, 0.05) is 77.6 Å². The molecule has 0 unspecified atom stereocenters. The molecule has 2 amide bonds. The van der Waals surface area contributed by atoms with Gasteiger partial charge >= 0.3 is 5.97 Å². The molecule has 0 spiro atoms. The first-order valence-corrected chi connectivity index (χ1v) is 19.2. The highest BCUT2D eigenvalue weighted by Gasteiger charge is 2.45. The van der Waals surface area contributed by atoms with Crippen molar-refractivity contribution in [2.24, 2.45) is 5.41 Å². The highest BCUT2D eigenvalue weighted by molar-refractivity contribution is 7.10. The van der Waals surface area contributed by atoms with Gasteiger partial charge in [0.05, 0.1) is 34.8 Å². The second-order valence-electron chi connectivity index (χ2n) is 14.8. The summed E-state index contributed by atoms with van der Waals surface area (Å²) in [5.41, 5.74) is 7.00. The first-order valence-electron chi connectivity index (χ1n) is 18.3. The fourth-order valence-corrected chi connectivity index (χ4v) is 8.28. The highest BCUT2D eigenvalue weighted by Crippen LogP contribution is 2.42. The average Bonchev–Trinajstić information content (AvgIpc) is 3.77. The Bertz CT molecular complexity index is 2200. The summed E-state index contributed by atoms with van der Waals surface area (Å²) in [5.74, 6) is -1.79. The fraction of sp³-hybridized carbons (Fsp3) is 0.390. The Balaban J connectivity index is 1.37. The van der Waals surface area contributed by atoms with Gasteiger partial charge in [0.2, 0.25) is 5.72 Å². The minimum Gasteiger partial charge on any atom is -0.462 e. The molecule has 0 aliphatic carbocycles. The number of nitrogens with zero attached hydrogens (tertiary/aromatic N) is 4. The minimum atomic E-state index is -2.14. The van der Waals surface area contributed by atoms with Crippen molar-refractivity contribution in [1.29, 1.82) is 0 Å². The predicted octanol–water partition coefficient (Wildman–Crippen LogP) is 5.84. The molecule has 7 rings (SSSR count). The van der Waals surface area contributed by atoms with Gasteiger partial charge in [-0.15, -0.1) is 11.3 Å². The monoisotopic (exact) mass is 750 g/mol. The summed E-state index contributed by atoms with van der Waals surface area (Å²) in [6.45, 7) is 9.08. The number of nitrogens with one attached hydrogen (secondary N) is 2. The van der Waals surface area contributed by atoms with Crippen molar-refractivity contribution in [1.82, 2.24) is 30.3 Å². The van der Waals surface area contributed by atoms with Gasteiger partial charge in [-0.25, -0.2) is 9.78 Å². The smallest absolute Gasteiger partial charge is 0.355 e. The third-order valence-electron chi connectivity index (χ3n) is 10.3. The van der Waals surface area contributed by atoms with Crippen LogP contribution in [-0.2, 0) is 38.4 Å². The third kappa shape index (κ3) is 7.28. The van der Waals surface area contributed by atoms with E-state index in [1.54, 1.807) is 37.6 Å². The molecule has 0 radical (unpaired) electrons. The number of aromatic nitrogens is 3. The van der Waals surface area contributed by atoms with E-state index in [4.69, 9.17) is 19.4 Å². The molecule has 5 aromatic rings. The molecule has 2 aromatic carbocycles. The van der Waals surface area contributed by atoms with Gasteiger partial charge in [-0.3, -0.25) is 19.6 Å². The zero-order valence-electron chi connectivity index (χ0n) is 31.2. The van der Waals surface area contributed by atoms with E-state index in [2.05, 4.69) is 46.5 Å². The van der Waals surface area contributed by atoms with Gasteiger partial charge in [-0.1, -0.05) is 38.1 Å². The number of hydrogen-bond acceptors (Lipinski definition) is 10. The predicted molar refractivity (Wildman–Crippen MR) is 206 cm³/mol. The number of methoxy groups -OCH3 is 1. The number of pyridine rings is 1. The molecule has 3 aromatic heterocycles. The lowest BCUT2D eigenvalue weighted by Crippen LogP contribution is -2.67. The van der Waals surface area contributed by atoms with Gasteiger partial charge in [0.15, 0.2) is 0 Å². The summed E-state index contributed by atoms with van der Waals surface area (Å²) < 4.78 is 14.0. The maximum Gasteiger partial charge on any atom is 0.355 e. The Morgan fingerprint density at radius 1 is 1.17 bits per heavy atom. The second-order valence-corrected chi connectivity index (χ2v) is 15.8. The van der Waals surface area contributed by atoms with Gasteiger partial charge in [0.1, 0.15) is 6.04 Å². The van der Waals surface area contributed by atoms with Crippen LogP contribution in [0.15, 0.2) is 72.2 Å². The van der Waals surface area contributed by atoms with Gasteiger partial charge in [0.25, 0.3) is 11.8 Å². The summed E-state index contributed by atoms with van der Waals surface area (Å²) in [6, 6.07) is 18.0. The lowest BCUT2D eigenvalue weighted by atomic mass is 9.84. The van der Waals surface area contributed by atoms with E-state index >= 15 is 0 Å². The Kier molecular flexibility index (Phi) is 10.4. The van der Waals surface area contributed by atoms with Crippen LogP contribution in [0.1, 0.15) is 73.3 Å². The van der Waals surface area contributed by atoms with Crippen molar-refractivity contribution >= 4 is 40.0 Å². The van der Waals surface area contributed by atoms with E-state index in [-0.39, 0.29) is 32.1 Å². The van der Waals surface area contributed by atoms with Crippen molar-refractivity contribution < 1.29 is 29.0 Å². The van der Waals surface area contributed by atoms with Gasteiger partial charge in [-0.05, 0) is 68.7 Å². The molecule has 54 heavy (non-hydrogen) atoms. The first kappa shape index (κ1) is 37.4. The molecule has 1 fully saturated rings. The summed E-state index contributed by atoms with van der Waals surface area (Å²) in [4.78, 5) is 51.0. The molecule has 282 valence electrons. The fourth-order valence-electron chi connectivity index (χ4n) is 7.43. The van der Waals surface area contributed by atoms with E-state index in [1.807, 2.05) is 38.3 Å². The Labute approximate surface area is 318 Å². The number of carbonyl (C=O) groups is 3. The summed E-state index contributed by atoms with van der Waals surface area (Å²) in [6.07, 6.45) is 2.53. The van der Waals surface area contributed by atoms with E-state index in [1.165, 1.54) is 16.3 Å². The molecule has 13 heteroatoms. The van der Waals surface area contributed by atoms with Crippen LogP contribution in [0.3, 0.4) is 0 Å². The number of fused-ring (bicyclic) bond motifs is 6. The van der Waals surface area contributed by atoms with Gasteiger partial charge in [-0.2, -0.15) is 5.43 Å². The number of aryl methyl sites for hydroxylation is 1. The summed E-state index contributed by atoms with van der Waals surface area (Å²) >= 11 is 1.41. The van der Waals surface area contributed by atoms with Crippen LogP contribution < -0.4 is 10.7 Å². The maximum atomic E-state index is 14.1. The van der Waals surface area contributed by atoms with Crippen molar-refractivity contribution in [3.05, 3.63) is 94.1 Å². The van der Waals surface area contributed by atoms with E-state index in [0.29, 0.717) is 30.0 Å². The number of esters is 1. The van der Waals surface area contributed by atoms with Crippen LogP contribution in [-0.4, -0.2) is 74.5 Å². The zero-order valence-corrected chi connectivity index (χ0v) is 32.0. The largest absolute Gasteiger partial charge is 0.462 e. The van der Waals surface area contributed by atoms with Crippen molar-refractivity contribution in [3.63, 3.8) is 0 Å². The Morgan fingerprint density at radius 3 is 2.72 bits per heavy atom. The molecule has 3 atom stereocenters. The molecular formula is C41H46N6O6S.